The number of rotatable bonds is 7. The first-order valence-electron chi connectivity index (χ1n) is 11.7. The first-order chi connectivity index (χ1) is 15.7. The summed E-state index contributed by atoms with van der Waals surface area (Å²) in [5.74, 6) is 12.2. The van der Waals surface area contributed by atoms with Gasteiger partial charge in [0.1, 0.15) is 5.82 Å². The van der Waals surface area contributed by atoms with Crippen LogP contribution >= 0.6 is 0 Å². The standard InChI is InChI=1S/C31H31F/c1-3-5-6-7-8-9-29-21-23-30(31(32)24-29)22-20-28-18-16-27(17-19-28)15-14-26-12-10-25(4-2)11-13-26/h10-13,16-19,21,23-24H,3-9H2,1-2H3. The van der Waals surface area contributed by atoms with Crippen LogP contribution in [0.2, 0.25) is 0 Å². The fourth-order valence-corrected chi connectivity index (χ4v) is 3.49. The van der Waals surface area contributed by atoms with Crippen LogP contribution in [0.1, 0.15) is 79.3 Å². The van der Waals surface area contributed by atoms with Gasteiger partial charge in [-0.05, 0) is 78.9 Å². The molecule has 0 aliphatic rings. The van der Waals surface area contributed by atoms with Crippen LogP contribution in [0.3, 0.4) is 0 Å². The Morgan fingerprint density at radius 3 is 1.69 bits per heavy atom. The molecular weight excluding hydrogens is 391 g/mol. The molecule has 0 aliphatic carbocycles. The fourth-order valence-electron chi connectivity index (χ4n) is 3.49. The van der Waals surface area contributed by atoms with Crippen molar-refractivity contribution in [3.8, 4) is 23.7 Å². The van der Waals surface area contributed by atoms with Crippen molar-refractivity contribution in [2.75, 3.05) is 0 Å². The molecule has 0 N–H and O–H groups in total. The maximum atomic E-state index is 14.4. The first-order valence-corrected chi connectivity index (χ1v) is 11.7. The van der Waals surface area contributed by atoms with Crippen LogP contribution in [0.25, 0.3) is 0 Å². The molecule has 3 rings (SSSR count). The van der Waals surface area contributed by atoms with Gasteiger partial charge in [-0.1, -0.05) is 81.4 Å². The highest BCUT2D eigenvalue weighted by Gasteiger charge is 2.02. The minimum Gasteiger partial charge on any atom is -0.206 e. The summed E-state index contributed by atoms with van der Waals surface area (Å²) in [5.41, 5.74) is 5.60. The van der Waals surface area contributed by atoms with Crippen LogP contribution in [-0.4, -0.2) is 0 Å². The second-order valence-corrected chi connectivity index (χ2v) is 8.11. The molecule has 0 bridgehead atoms. The van der Waals surface area contributed by atoms with E-state index in [0.29, 0.717) is 5.56 Å². The first kappa shape index (κ1) is 23.4. The monoisotopic (exact) mass is 422 g/mol. The summed E-state index contributed by atoms with van der Waals surface area (Å²) in [6.45, 7) is 4.36. The van der Waals surface area contributed by atoms with E-state index in [0.717, 1.165) is 41.5 Å². The normalized spacial score (nSPS) is 10.1. The summed E-state index contributed by atoms with van der Waals surface area (Å²) in [6, 6.07) is 21.5. The van der Waals surface area contributed by atoms with Crippen LogP contribution in [0, 0.1) is 29.5 Å². The molecule has 32 heavy (non-hydrogen) atoms. The zero-order valence-electron chi connectivity index (χ0n) is 19.2. The highest BCUT2D eigenvalue weighted by Crippen LogP contribution is 2.14. The minimum absolute atomic E-state index is 0.236. The summed E-state index contributed by atoms with van der Waals surface area (Å²) in [7, 11) is 0. The highest BCUT2D eigenvalue weighted by molar-refractivity contribution is 5.48. The van der Waals surface area contributed by atoms with Crippen molar-refractivity contribution in [3.05, 3.63) is 106 Å². The number of aryl methyl sites for hydroxylation is 2. The van der Waals surface area contributed by atoms with Crippen molar-refractivity contribution in [3.63, 3.8) is 0 Å². The average molecular weight is 423 g/mol. The van der Waals surface area contributed by atoms with E-state index in [-0.39, 0.29) is 5.82 Å². The maximum Gasteiger partial charge on any atom is 0.139 e. The van der Waals surface area contributed by atoms with Gasteiger partial charge in [0.05, 0.1) is 5.56 Å². The molecule has 0 saturated heterocycles. The van der Waals surface area contributed by atoms with Crippen LogP contribution in [0.15, 0.2) is 66.7 Å². The molecule has 3 aromatic carbocycles. The lowest BCUT2D eigenvalue weighted by atomic mass is 10.0. The van der Waals surface area contributed by atoms with Gasteiger partial charge >= 0.3 is 0 Å². The van der Waals surface area contributed by atoms with Crippen molar-refractivity contribution in [2.45, 2.75) is 58.8 Å². The molecule has 0 saturated carbocycles. The molecule has 0 fully saturated rings. The van der Waals surface area contributed by atoms with Gasteiger partial charge in [0.25, 0.3) is 0 Å². The van der Waals surface area contributed by atoms with Crippen LogP contribution in [0.5, 0.6) is 0 Å². The van der Waals surface area contributed by atoms with Crippen LogP contribution in [0.4, 0.5) is 4.39 Å². The lowest BCUT2D eigenvalue weighted by Crippen LogP contribution is -1.91. The third-order valence-corrected chi connectivity index (χ3v) is 5.54. The largest absolute Gasteiger partial charge is 0.206 e. The van der Waals surface area contributed by atoms with Gasteiger partial charge in [0.2, 0.25) is 0 Å². The maximum absolute atomic E-state index is 14.4. The van der Waals surface area contributed by atoms with Gasteiger partial charge in [-0.3, -0.25) is 0 Å². The van der Waals surface area contributed by atoms with Crippen molar-refractivity contribution < 1.29 is 4.39 Å². The molecule has 0 unspecified atom stereocenters. The predicted molar refractivity (Wildman–Crippen MR) is 133 cm³/mol. The van der Waals surface area contributed by atoms with E-state index < -0.39 is 0 Å². The SMILES string of the molecule is CCCCCCCc1ccc(C#Cc2ccc(C#Cc3ccc(CC)cc3)cc2)c(F)c1. The quantitative estimate of drug-likeness (QED) is 0.270. The number of hydrogen-bond acceptors (Lipinski definition) is 0. The molecule has 162 valence electrons. The van der Waals surface area contributed by atoms with E-state index in [4.69, 9.17) is 0 Å². The van der Waals surface area contributed by atoms with E-state index in [1.165, 1.54) is 31.2 Å². The van der Waals surface area contributed by atoms with Crippen molar-refractivity contribution >= 4 is 0 Å². The molecular formula is C31H31F. The van der Waals surface area contributed by atoms with Gasteiger partial charge < -0.3 is 0 Å². The van der Waals surface area contributed by atoms with Crippen LogP contribution < -0.4 is 0 Å². The van der Waals surface area contributed by atoms with Crippen molar-refractivity contribution in [1.82, 2.24) is 0 Å². The lowest BCUT2D eigenvalue weighted by Gasteiger charge is -2.03. The van der Waals surface area contributed by atoms with Gasteiger partial charge in [-0.2, -0.15) is 0 Å². The zero-order valence-corrected chi connectivity index (χ0v) is 19.2. The minimum atomic E-state index is -0.236. The highest BCUT2D eigenvalue weighted by atomic mass is 19.1. The Morgan fingerprint density at radius 2 is 1.12 bits per heavy atom. The Labute approximate surface area is 192 Å². The summed E-state index contributed by atoms with van der Waals surface area (Å²) in [4.78, 5) is 0. The molecule has 0 aliphatic heterocycles. The molecule has 0 nitrogen and oxygen atoms in total. The average Bonchev–Trinajstić information content (AvgIpc) is 2.83. The molecule has 0 atom stereocenters. The lowest BCUT2D eigenvalue weighted by molar-refractivity contribution is 0.613. The molecule has 0 amide bonds. The molecule has 1 heteroatoms. The fraction of sp³-hybridized carbons (Fsp3) is 0.290. The molecule has 3 aromatic rings. The van der Waals surface area contributed by atoms with Gasteiger partial charge in [0.15, 0.2) is 0 Å². The van der Waals surface area contributed by atoms with E-state index in [9.17, 15) is 4.39 Å². The predicted octanol–water partition coefficient (Wildman–Crippen LogP) is 7.70. The van der Waals surface area contributed by atoms with Crippen molar-refractivity contribution in [2.24, 2.45) is 0 Å². The Kier molecular flexibility index (Phi) is 9.16. The van der Waals surface area contributed by atoms with Gasteiger partial charge in [0, 0.05) is 16.7 Å². The molecule has 0 heterocycles. The number of benzene rings is 3. The topological polar surface area (TPSA) is 0 Å². The van der Waals surface area contributed by atoms with Crippen LogP contribution in [-0.2, 0) is 12.8 Å². The Bertz CT molecular complexity index is 1110. The number of unbranched alkanes of at least 4 members (excludes halogenated alkanes) is 4. The van der Waals surface area contributed by atoms with E-state index in [2.05, 4.69) is 61.8 Å². The van der Waals surface area contributed by atoms with Gasteiger partial charge in [-0.15, -0.1) is 0 Å². The summed E-state index contributed by atoms with van der Waals surface area (Å²) in [5, 5.41) is 0. The summed E-state index contributed by atoms with van der Waals surface area (Å²) >= 11 is 0. The van der Waals surface area contributed by atoms with Gasteiger partial charge in [-0.25, -0.2) is 4.39 Å². The van der Waals surface area contributed by atoms with E-state index in [1.54, 1.807) is 12.1 Å². The van der Waals surface area contributed by atoms with E-state index >= 15 is 0 Å². The molecule has 0 radical (unpaired) electrons. The number of hydrogen-bond donors (Lipinski definition) is 0. The molecule has 0 spiro atoms. The third-order valence-electron chi connectivity index (χ3n) is 5.54. The smallest absolute Gasteiger partial charge is 0.139 e. The molecule has 0 aromatic heterocycles. The van der Waals surface area contributed by atoms with E-state index in [1.807, 2.05) is 30.3 Å². The second kappa shape index (κ2) is 12.5. The third kappa shape index (κ3) is 7.44. The van der Waals surface area contributed by atoms with Crippen molar-refractivity contribution in [1.29, 1.82) is 0 Å². The number of halogens is 1. The Balaban J connectivity index is 1.59. The zero-order chi connectivity index (χ0) is 22.6. The second-order valence-electron chi connectivity index (χ2n) is 8.11. The Hall–Kier alpha value is -3.29. The Morgan fingerprint density at radius 1 is 0.594 bits per heavy atom. The summed E-state index contributed by atoms with van der Waals surface area (Å²) in [6.07, 6.45) is 8.07. The summed E-state index contributed by atoms with van der Waals surface area (Å²) < 4.78 is 14.4.